The maximum atomic E-state index is 3.84. The van der Waals surface area contributed by atoms with Gasteiger partial charge in [-0.1, -0.05) is 12.2 Å². The highest BCUT2D eigenvalue weighted by Crippen LogP contribution is 2.19. The van der Waals surface area contributed by atoms with Gasteiger partial charge in [-0.05, 0) is 25.5 Å². The number of hydrazone groups is 1. The van der Waals surface area contributed by atoms with E-state index in [4.69, 9.17) is 0 Å². The third kappa shape index (κ3) is 1.40. The zero-order chi connectivity index (χ0) is 8.27. The summed E-state index contributed by atoms with van der Waals surface area (Å²) in [4.78, 5) is 0. The second-order valence-corrected chi connectivity index (χ2v) is 2.35. The van der Waals surface area contributed by atoms with Crippen molar-refractivity contribution < 1.29 is 0 Å². The number of rotatable bonds is 1. The van der Waals surface area contributed by atoms with Crippen molar-refractivity contribution in [2.75, 3.05) is 0 Å². The van der Waals surface area contributed by atoms with Crippen LogP contribution in [0.1, 0.15) is 13.8 Å². The fourth-order valence-electron chi connectivity index (χ4n) is 1.10. The van der Waals surface area contributed by atoms with Gasteiger partial charge in [0.05, 0.1) is 5.70 Å². The number of allylic oxidation sites excluding steroid dienone is 4. The van der Waals surface area contributed by atoms with Crippen LogP contribution in [0, 0.1) is 0 Å². The fourth-order valence-corrected chi connectivity index (χ4v) is 1.10. The van der Waals surface area contributed by atoms with Crippen LogP contribution in [-0.4, -0.2) is 11.7 Å². The Hall–Kier alpha value is -1.31. The average Bonchev–Trinajstić information content (AvgIpc) is 2.04. The lowest BCUT2D eigenvalue weighted by Crippen LogP contribution is -2.11. The Labute approximate surface area is 67.2 Å². The third-order valence-electron chi connectivity index (χ3n) is 1.65. The second kappa shape index (κ2) is 3.19. The first-order chi connectivity index (χ1) is 5.29. The van der Waals surface area contributed by atoms with Crippen molar-refractivity contribution >= 4 is 6.72 Å². The quantitative estimate of drug-likeness (QED) is 0.521. The van der Waals surface area contributed by atoms with Crippen LogP contribution in [0.15, 0.2) is 40.8 Å². The van der Waals surface area contributed by atoms with Gasteiger partial charge in [-0.2, -0.15) is 5.10 Å². The molecule has 0 saturated heterocycles. The van der Waals surface area contributed by atoms with Gasteiger partial charge in [-0.3, -0.25) is 0 Å². The molecule has 0 aliphatic carbocycles. The lowest BCUT2D eigenvalue weighted by Gasteiger charge is -2.20. The average molecular weight is 148 g/mol. The molecule has 2 heteroatoms. The Morgan fingerprint density at radius 3 is 2.82 bits per heavy atom. The predicted octanol–water partition coefficient (Wildman–Crippen LogP) is 2.28. The van der Waals surface area contributed by atoms with Crippen molar-refractivity contribution in [3.8, 4) is 0 Å². The highest BCUT2D eigenvalue weighted by molar-refractivity contribution is 5.37. The molecule has 0 atom stereocenters. The summed E-state index contributed by atoms with van der Waals surface area (Å²) in [7, 11) is 0. The van der Waals surface area contributed by atoms with E-state index in [-0.39, 0.29) is 0 Å². The van der Waals surface area contributed by atoms with Crippen LogP contribution in [0.25, 0.3) is 0 Å². The maximum absolute atomic E-state index is 3.84. The Morgan fingerprint density at radius 1 is 1.64 bits per heavy atom. The second-order valence-electron chi connectivity index (χ2n) is 2.35. The highest BCUT2D eigenvalue weighted by Gasteiger charge is 2.07. The number of hydrogen-bond acceptors (Lipinski definition) is 2. The molecular weight excluding hydrogens is 136 g/mol. The van der Waals surface area contributed by atoms with Gasteiger partial charge in [0.15, 0.2) is 0 Å². The number of nitrogens with zero attached hydrogens (tertiary/aromatic N) is 2. The molecule has 2 nitrogen and oxygen atoms in total. The molecule has 58 valence electrons. The molecular formula is C9H12N2. The molecule has 0 unspecified atom stereocenters. The number of hydrogen-bond donors (Lipinski definition) is 0. The molecule has 1 rings (SSSR count). The van der Waals surface area contributed by atoms with E-state index < -0.39 is 0 Å². The topological polar surface area (TPSA) is 15.6 Å². The lowest BCUT2D eigenvalue weighted by molar-refractivity contribution is 0.505. The predicted molar refractivity (Wildman–Crippen MR) is 48.0 cm³/mol. The zero-order valence-electron chi connectivity index (χ0n) is 6.91. The van der Waals surface area contributed by atoms with Crippen LogP contribution < -0.4 is 0 Å². The van der Waals surface area contributed by atoms with Gasteiger partial charge in [-0.25, -0.2) is 5.01 Å². The fraction of sp³-hybridized carbons (Fsp3) is 0.222. The monoisotopic (exact) mass is 148 g/mol. The van der Waals surface area contributed by atoms with Gasteiger partial charge in [0.1, 0.15) is 0 Å². The van der Waals surface area contributed by atoms with Crippen LogP contribution in [0.4, 0.5) is 0 Å². The first kappa shape index (κ1) is 7.79. The van der Waals surface area contributed by atoms with E-state index in [1.165, 1.54) is 5.57 Å². The van der Waals surface area contributed by atoms with E-state index in [1.54, 1.807) is 5.01 Å². The Morgan fingerprint density at radius 2 is 2.36 bits per heavy atom. The zero-order valence-corrected chi connectivity index (χ0v) is 6.91. The van der Waals surface area contributed by atoms with Crippen molar-refractivity contribution in [1.29, 1.82) is 0 Å². The standard InChI is InChI=1S/C9H12N2/c1-4-9-8(2)6-5-7-11(9)10-3/h4-7H,3H2,1-2H3/b9-4-. The minimum Gasteiger partial charge on any atom is -0.242 e. The van der Waals surface area contributed by atoms with Crippen LogP contribution >= 0.6 is 0 Å². The maximum Gasteiger partial charge on any atom is 0.0631 e. The smallest absolute Gasteiger partial charge is 0.0631 e. The molecule has 1 heterocycles. The molecule has 0 aromatic carbocycles. The lowest BCUT2D eigenvalue weighted by atomic mass is 10.1. The highest BCUT2D eigenvalue weighted by atomic mass is 15.4. The van der Waals surface area contributed by atoms with Crippen molar-refractivity contribution in [3.63, 3.8) is 0 Å². The van der Waals surface area contributed by atoms with Gasteiger partial charge in [0, 0.05) is 12.9 Å². The molecule has 0 aromatic heterocycles. The summed E-state index contributed by atoms with van der Waals surface area (Å²) in [5.41, 5.74) is 2.31. The van der Waals surface area contributed by atoms with Crippen LogP contribution in [0.2, 0.25) is 0 Å². The van der Waals surface area contributed by atoms with Gasteiger partial charge in [-0.15, -0.1) is 0 Å². The van der Waals surface area contributed by atoms with E-state index in [2.05, 4.69) is 24.8 Å². The van der Waals surface area contributed by atoms with Gasteiger partial charge in [0.2, 0.25) is 0 Å². The molecule has 11 heavy (non-hydrogen) atoms. The van der Waals surface area contributed by atoms with Crippen molar-refractivity contribution in [2.24, 2.45) is 5.10 Å². The minimum atomic E-state index is 1.10. The van der Waals surface area contributed by atoms with Gasteiger partial charge in [0.25, 0.3) is 0 Å². The molecule has 1 aliphatic heterocycles. The molecule has 0 N–H and O–H groups in total. The molecule has 0 radical (unpaired) electrons. The Balaban J connectivity index is 2.97. The molecule has 0 fully saturated rings. The summed E-state index contributed by atoms with van der Waals surface area (Å²) in [5, 5.41) is 5.60. The minimum absolute atomic E-state index is 1.10. The van der Waals surface area contributed by atoms with Crippen molar-refractivity contribution in [2.45, 2.75) is 13.8 Å². The Bertz CT molecular complexity index is 246. The van der Waals surface area contributed by atoms with E-state index in [9.17, 15) is 0 Å². The van der Waals surface area contributed by atoms with Crippen LogP contribution in [0.3, 0.4) is 0 Å². The SMILES string of the molecule is C=NN1C=CC=C(C)/C1=C/C. The van der Waals surface area contributed by atoms with Crippen molar-refractivity contribution in [1.82, 2.24) is 5.01 Å². The normalized spacial score (nSPS) is 20.4. The summed E-state index contributed by atoms with van der Waals surface area (Å²) < 4.78 is 0. The summed E-state index contributed by atoms with van der Waals surface area (Å²) in [6.07, 6.45) is 7.91. The van der Waals surface area contributed by atoms with E-state index in [0.717, 1.165) is 5.70 Å². The summed E-state index contributed by atoms with van der Waals surface area (Å²) in [6.45, 7) is 7.52. The molecule has 0 aromatic rings. The molecule has 0 spiro atoms. The largest absolute Gasteiger partial charge is 0.242 e. The third-order valence-corrected chi connectivity index (χ3v) is 1.65. The summed E-state index contributed by atoms with van der Waals surface area (Å²) >= 11 is 0. The summed E-state index contributed by atoms with van der Waals surface area (Å²) in [5.74, 6) is 0. The van der Waals surface area contributed by atoms with Gasteiger partial charge < -0.3 is 0 Å². The first-order valence-electron chi connectivity index (χ1n) is 3.57. The van der Waals surface area contributed by atoms with E-state index in [0.29, 0.717) is 0 Å². The van der Waals surface area contributed by atoms with E-state index >= 15 is 0 Å². The van der Waals surface area contributed by atoms with Crippen molar-refractivity contribution in [3.05, 3.63) is 35.7 Å². The molecule has 0 bridgehead atoms. The molecule has 1 aliphatic rings. The molecule has 0 amide bonds. The van der Waals surface area contributed by atoms with Gasteiger partial charge >= 0.3 is 0 Å². The molecule has 0 saturated carbocycles. The Kier molecular flexibility index (Phi) is 2.26. The summed E-state index contributed by atoms with van der Waals surface area (Å²) in [6, 6.07) is 0. The van der Waals surface area contributed by atoms with Crippen LogP contribution in [-0.2, 0) is 0 Å². The van der Waals surface area contributed by atoms with Crippen LogP contribution in [0.5, 0.6) is 0 Å². The van der Waals surface area contributed by atoms with E-state index in [1.807, 2.05) is 25.3 Å². The first-order valence-corrected chi connectivity index (χ1v) is 3.57.